The van der Waals surface area contributed by atoms with E-state index in [9.17, 15) is 4.79 Å². The fourth-order valence-electron chi connectivity index (χ4n) is 6.58. The van der Waals surface area contributed by atoms with E-state index in [2.05, 4.69) is 36.9 Å². The normalized spacial score (nSPS) is 31.1. The van der Waals surface area contributed by atoms with E-state index in [0.29, 0.717) is 23.8 Å². The van der Waals surface area contributed by atoms with Gasteiger partial charge in [0.05, 0.1) is 0 Å². The van der Waals surface area contributed by atoms with E-state index in [1.165, 1.54) is 49.8 Å². The zero-order valence-corrected chi connectivity index (χ0v) is 18.6. The number of nitrogens with zero attached hydrogens (tertiary/aromatic N) is 1. The van der Waals surface area contributed by atoms with Gasteiger partial charge in [-0.1, -0.05) is 46.6 Å². The van der Waals surface area contributed by atoms with Crippen LogP contribution in [0.3, 0.4) is 0 Å². The van der Waals surface area contributed by atoms with Crippen LogP contribution in [0.5, 0.6) is 5.75 Å². The molecule has 2 bridgehead atoms. The van der Waals surface area contributed by atoms with Gasteiger partial charge in [-0.05, 0) is 73.4 Å². The SMILES string of the molecule is CCN1CC[C@@]23CCCC[C@]2(C)[C@@H]1Cc1ccc(OCOC(=O)CC(C)C)cc13. The monoisotopic (exact) mass is 399 g/mol. The molecular weight excluding hydrogens is 362 g/mol. The number of carbonyl (C=O) groups is 1. The van der Waals surface area contributed by atoms with Gasteiger partial charge in [0.1, 0.15) is 5.75 Å². The zero-order chi connectivity index (χ0) is 20.6. The Hall–Kier alpha value is -1.55. The van der Waals surface area contributed by atoms with Crippen molar-refractivity contribution in [2.24, 2.45) is 11.3 Å². The maximum atomic E-state index is 11.8. The molecule has 0 amide bonds. The molecule has 1 aromatic rings. The Bertz CT molecular complexity index is 760. The third-order valence-corrected chi connectivity index (χ3v) is 8.08. The molecule has 0 spiro atoms. The zero-order valence-electron chi connectivity index (χ0n) is 18.6. The molecule has 2 fully saturated rings. The molecule has 3 atom stereocenters. The topological polar surface area (TPSA) is 38.8 Å². The molecule has 3 aliphatic rings. The number of carbonyl (C=O) groups excluding carboxylic acids is 1. The van der Waals surface area contributed by atoms with E-state index in [4.69, 9.17) is 9.47 Å². The van der Waals surface area contributed by atoms with Crippen molar-refractivity contribution in [3.63, 3.8) is 0 Å². The predicted octanol–water partition coefficient (Wildman–Crippen LogP) is 5.08. The highest BCUT2D eigenvalue weighted by atomic mass is 16.7. The molecule has 1 aliphatic heterocycles. The summed E-state index contributed by atoms with van der Waals surface area (Å²) in [5.74, 6) is 0.946. The molecule has 160 valence electrons. The maximum Gasteiger partial charge on any atom is 0.308 e. The lowest BCUT2D eigenvalue weighted by Gasteiger charge is -2.65. The van der Waals surface area contributed by atoms with Gasteiger partial charge < -0.3 is 9.47 Å². The molecule has 0 N–H and O–H groups in total. The van der Waals surface area contributed by atoms with Gasteiger partial charge in [0, 0.05) is 17.9 Å². The smallest absolute Gasteiger partial charge is 0.308 e. The maximum absolute atomic E-state index is 11.8. The molecule has 4 heteroatoms. The minimum atomic E-state index is -0.189. The van der Waals surface area contributed by atoms with Crippen LogP contribution in [0.1, 0.15) is 77.3 Å². The average Bonchev–Trinajstić information content (AvgIpc) is 2.67. The summed E-state index contributed by atoms with van der Waals surface area (Å²) in [5.41, 5.74) is 3.62. The first-order valence-corrected chi connectivity index (χ1v) is 11.6. The van der Waals surface area contributed by atoms with E-state index in [0.717, 1.165) is 18.7 Å². The first-order valence-electron chi connectivity index (χ1n) is 11.6. The van der Waals surface area contributed by atoms with Gasteiger partial charge in [-0.25, -0.2) is 0 Å². The van der Waals surface area contributed by atoms with Crippen molar-refractivity contribution >= 4 is 5.97 Å². The second-order valence-corrected chi connectivity index (χ2v) is 10.0. The summed E-state index contributed by atoms with van der Waals surface area (Å²) in [6.07, 6.45) is 8.11. The van der Waals surface area contributed by atoms with Crippen LogP contribution in [0.4, 0.5) is 0 Å². The van der Waals surface area contributed by atoms with Crippen molar-refractivity contribution in [2.45, 2.75) is 84.1 Å². The molecule has 1 saturated carbocycles. The minimum absolute atomic E-state index is 0.000839. The fraction of sp³-hybridized carbons (Fsp3) is 0.720. The van der Waals surface area contributed by atoms with Gasteiger partial charge in [0.15, 0.2) is 0 Å². The highest BCUT2D eigenvalue weighted by Crippen LogP contribution is 2.63. The molecule has 1 aromatic carbocycles. The van der Waals surface area contributed by atoms with E-state index in [1.54, 1.807) is 0 Å². The van der Waals surface area contributed by atoms with Crippen molar-refractivity contribution in [1.82, 2.24) is 4.90 Å². The highest BCUT2D eigenvalue weighted by Gasteiger charge is 2.60. The van der Waals surface area contributed by atoms with Crippen LogP contribution >= 0.6 is 0 Å². The summed E-state index contributed by atoms with van der Waals surface area (Å²) in [6, 6.07) is 7.25. The standard InChI is InChI=1S/C25H37NO3/c1-5-26-13-12-25-11-7-6-10-24(25,4)22(26)15-19-8-9-20(16-21(19)25)28-17-29-23(27)14-18(2)3/h8-9,16,18,22H,5-7,10-15,17H2,1-4H3/t22-,24+,25+/m0/s1. The number of esters is 1. The Morgan fingerprint density at radius 2 is 2.03 bits per heavy atom. The van der Waals surface area contributed by atoms with Crippen molar-refractivity contribution in [2.75, 3.05) is 19.9 Å². The molecule has 0 aromatic heterocycles. The van der Waals surface area contributed by atoms with Crippen LogP contribution in [0, 0.1) is 11.3 Å². The summed E-state index contributed by atoms with van der Waals surface area (Å²) >= 11 is 0. The van der Waals surface area contributed by atoms with Crippen molar-refractivity contribution < 1.29 is 14.3 Å². The van der Waals surface area contributed by atoms with E-state index >= 15 is 0 Å². The molecule has 4 nitrogen and oxygen atoms in total. The quantitative estimate of drug-likeness (QED) is 0.494. The third kappa shape index (κ3) is 3.48. The van der Waals surface area contributed by atoms with Crippen LogP contribution in [0.2, 0.25) is 0 Å². The van der Waals surface area contributed by atoms with Crippen molar-refractivity contribution in [1.29, 1.82) is 0 Å². The number of piperidine rings is 1. The lowest BCUT2D eigenvalue weighted by atomic mass is 9.44. The summed E-state index contributed by atoms with van der Waals surface area (Å²) in [5, 5.41) is 0. The lowest BCUT2D eigenvalue weighted by Crippen LogP contribution is -2.66. The number of ether oxygens (including phenoxy) is 2. The van der Waals surface area contributed by atoms with Crippen molar-refractivity contribution in [3.8, 4) is 5.75 Å². The Balaban J connectivity index is 1.58. The molecule has 1 heterocycles. The van der Waals surface area contributed by atoms with Gasteiger partial charge in [-0.3, -0.25) is 9.69 Å². The summed E-state index contributed by atoms with van der Waals surface area (Å²) in [7, 11) is 0. The second-order valence-electron chi connectivity index (χ2n) is 10.0. The van der Waals surface area contributed by atoms with Gasteiger partial charge in [0.25, 0.3) is 0 Å². The number of rotatable bonds is 6. The number of likely N-dealkylation sites (N-methyl/N-ethyl adjacent to an activating group) is 1. The van der Waals surface area contributed by atoms with E-state index in [-0.39, 0.29) is 18.2 Å². The molecular formula is C25H37NO3. The first-order chi connectivity index (χ1) is 13.9. The van der Waals surface area contributed by atoms with Crippen LogP contribution < -0.4 is 4.74 Å². The summed E-state index contributed by atoms with van der Waals surface area (Å²) in [4.78, 5) is 14.5. The molecule has 4 rings (SSSR count). The molecule has 0 radical (unpaired) electrons. The van der Waals surface area contributed by atoms with Gasteiger partial charge in [-0.15, -0.1) is 0 Å². The Morgan fingerprint density at radius 1 is 1.24 bits per heavy atom. The number of hydrogen-bond acceptors (Lipinski definition) is 4. The number of likely N-dealkylation sites (tertiary alicyclic amines) is 1. The van der Waals surface area contributed by atoms with E-state index < -0.39 is 0 Å². The largest absolute Gasteiger partial charge is 0.457 e. The summed E-state index contributed by atoms with van der Waals surface area (Å²) < 4.78 is 11.1. The summed E-state index contributed by atoms with van der Waals surface area (Å²) in [6.45, 7) is 11.3. The predicted molar refractivity (Wildman–Crippen MR) is 115 cm³/mol. The van der Waals surface area contributed by atoms with Gasteiger partial charge in [0.2, 0.25) is 6.79 Å². The molecule has 29 heavy (non-hydrogen) atoms. The Labute approximate surface area is 175 Å². The van der Waals surface area contributed by atoms with Gasteiger partial charge in [-0.2, -0.15) is 0 Å². The lowest BCUT2D eigenvalue weighted by molar-refractivity contribution is -0.151. The Morgan fingerprint density at radius 3 is 2.79 bits per heavy atom. The fourth-order valence-corrected chi connectivity index (χ4v) is 6.58. The molecule has 0 unspecified atom stereocenters. The Kier molecular flexibility index (Phi) is 5.67. The average molecular weight is 400 g/mol. The van der Waals surface area contributed by atoms with Crippen LogP contribution in [0.25, 0.3) is 0 Å². The van der Waals surface area contributed by atoms with Crippen LogP contribution in [0.15, 0.2) is 18.2 Å². The van der Waals surface area contributed by atoms with Gasteiger partial charge >= 0.3 is 5.97 Å². The highest BCUT2D eigenvalue weighted by molar-refractivity contribution is 5.69. The molecule has 1 saturated heterocycles. The van der Waals surface area contributed by atoms with E-state index in [1.807, 2.05) is 13.8 Å². The molecule has 2 aliphatic carbocycles. The van der Waals surface area contributed by atoms with Crippen molar-refractivity contribution in [3.05, 3.63) is 29.3 Å². The number of hydrogen-bond donors (Lipinski definition) is 0. The number of fused-ring (bicyclic) bond motifs is 1. The second kappa shape index (κ2) is 7.94. The third-order valence-electron chi connectivity index (χ3n) is 8.08. The van der Waals surface area contributed by atoms with Crippen LogP contribution in [-0.4, -0.2) is 36.8 Å². The van der Waals surface area contributed by atoms with Crippen LogP contribution in [-0.2, 0) is 21.4 Å². The minimum Gasteiger partial charge on any atom is -0.457 e. The first kappa shape index (κ1) is 20.7. The number of benzene rings is 1.